The topological polar surface area (TPSA) is 119 Å². The number of rotatable bonds is 39. The lowest BCUT2D eigenvalue weighted by molar-refractivity contribution is -0.147. The first-order valence-electron chi connectivity index (χ1n) is 22.3. The summed E-state index contributed by atoms with van der Waals surface area (Å²) in [4.78, 5) is 36.3. The van der Waals surface area contributed by atoms with Crippen molar-refractivity contribution in [3.63, 3.8) is 0 Å². The molecule has 0 fully saturated rings. The van der Waals surface area contributed by atoms with E-state index in [9.17, 15) is 19.5 Å². The van der Waals surface area contributed by atoms with Gasteiger partial charge in [0.05, 0.1) is 0 Å². The van der Waals surface area contributed by atoms with Gasteiger partial charge in [0.2, 0.25) is 5.91 Å². The third-order valence-electron chi connectivity index (χ3n) is 9.49. The summed E-state index contributed by atoms with van der Waals surface area (Å²) in [6.45, 7) is 4.79. The van der Waals surface area contributed by atoms with Crippen molar-refractivity contribution in [2.24, 2.45) is 5.73 Å². The molecule has 0 aliphatic carbocycles. The molecule has 0 aromatic carbocycles. The van der Waals surface area contributed by atoms with Crippen LogP contribution in [-0.2, 0) is 19.1 Å². The van der Waals surface area contributed by atoms with E-state index >= 15 is 0 Å². The van der Waals surface area contributed by atoms with E-state index in [1.165, 1.54) is 57.8 Å². The summed E-state index contributed by atoms with van der Waals surface area (Å²) in [5.41, 5.74) is 5.48. The van der Waals surface area contributed by atoms with Crippen LogP contribution in [0.4, 0.5) is 0 Å². The van der Waals surface area contributed by atoms with Crippen molar-refractivity contribution in [3.8, 4) is 0 Å². The molecule has 0 aliphatic rings. The zero-order chi connectivity index (χ0) is 40.3. The first-order valence-corrected chi connectivity index (χ1v) is 22.3. The molecule has 4 N–H and O–H groups in total. The van der Waals surface area contributed by atoms with Crippen LogP contribution in [0.2, 0.25) is 0 Å². The molecule has 7 heteroatoms. The molecule has 0 saturated carbocycles. The van der Waals surface area contributed by atoms with Gasteiger partial charge in [-0.15, -0.1) is 0 Å². The second-order valence-electron chi connectivity index (χ2n) is 14.7. The van der Waals surface area contributed by atoms with Crippen LogP contribution in [0, 0.1) is 0 Å². The molecular weight excluding hydrogens is 685 g/mol. The van der Waals surface area contributed by atoms with Gasteiger partial charge in [0.1, 0.15) is 12.1 Å². The lowest BCUT2D eigenvalue weighted by Gasteiger charge is -2.15. The Labute approximate surface area is 337 Å². The molecule has 0 saturated heterocycles. The summed E-state index contributed by atoms with van der Waals surface area (Å²) < 4.78 is 5.92. The minimum atomic E-state index is -1.02. The number of aliphatic carboxylic acids is 1. The van der Waals surface area contributed by atoms with Crippen LogP contribution < -0.4 is 11.1 Å². The highest BCUT2D eigenvalue weighted by atomic mass is 16.5. The van der Waals surface area contributed by atoms with Gasteiger partial charge in [-0.05, 0) is 109 Å². The summed E-state index contributed by atoms with van der Waals surface area (Å²) in [5.74, 6) is -1.35. The molecule has 7 nitrogen and oxygen atoms in total. The van der Waals surface area contributed by atoms with Crippen LogP contribution in [0.5, 0.6) is 0 Å². The standard InChI is InChI=1S/C48H82N2O5/c1-3-5-7-9-11-12-13-14-15-16-17-18-19-20-21-22-23-24-25-26-28-30-36-42-47(52)55-44(38-33-29-27-10-8-6-4-2)39-34-31-32-35-41-46(51)50-45(48(53)54)40-37-43-49/h5,7,11-12,14-15,17-18,20-21,33,38,44-45H,3-4,6,8-10,13,16,19,22-32,34-37,39-43,49H2,1-2H3,(H,50,51)(H,53,54)/b7-5-,12-11-,15-14-,18-17-,21-20-,38-33-. The molecule has 2 atom stereocenters. The highest BCUT2D eigenvalue weighted by Crippen LogP contribution is 2.15. The highest BCUT2D eigenvalue weighted by molar-refractivity contribution is 5.83. The third kappa shape index (κ3) is 38.9. The number of carboxylic acids is 1. The second-order valence-corrected chi connectivity index (χ2v) is 14.7. The number of esters is 1. The van der Waals surface area contributed by atoms with Crippen LogP contribution in [0.3, 0.4) is 0 Å². The van der Waals surface area contributed by atoms with Crippen LogP contribution >= 0.6 is 0 Å². The van der Waals surface area contributed by atoms with Crippen molar-refractivity contribution < 1.29 is 24.2 Å². The lowest BCUT2D eigenvalue weighted by atomic mass is 10.1. The first-order chi connectivity index (χ1) is 26.9. The largest absolute Gasteiger partial charge is 0.480 e. The van der Waals surface area contributed by atoms with E-state index in [2.05, 4.69) is 92.1 Å². The Kier molecular flexibility index (Phi) is 39.5. The Balaban J connectivity index is 4.16. The lowest BCUT2D eigenvalue weighted by Crippen LogP contribution is -2.40. The Morgan fingerprint density at radius 1 is 0.564 bits per heavy atom. The fourth-order valence-electron chi connectivity index (χ4n) is 6.15. The Hall–Kier alpha value is -3.19. The van der Waals surface area contributed by atoms with E-state index in [0.717, 1.165) is 89.9 Å². The summed E-state index contributed by atoms with van der Waals surface area (Å²) in [7, 11) is 0. The quantitative estimate of drug-likeness (QED) is 0.0326. The zero-order valence-electron chi connectivity index (χ0n) is 35.2. The number of allylic oxidation sites excluding steroid dienone is 11. The van der Waals surface area contributed by atoms with E-state index in [1.54, 1.807) is 0 Å². The summed E-state index contributed by atoms with van der Waals surface area (Å²) in [6, 6.07) is -0.874. The van der Waals surface area contributed by atoms with Crippen LogP contribution in [0.1, 0.15) is 194 Å². The monoisotopic (exact) mass is 767 g/mol. The SMILES string of the molecule is CC/C=C\C/C=C\C/C=C\C/C=C\C/C=C\CCCCCCCCCC(=O)OC(/C=C\CCCCCCC)CCCCCCC(=O)NC(CCCN)C(=O)O. The van der Waals surface area contributed by atoms with Gasteiger partial charge >= 0.3 is 11.9 Å². The number of nitrogens with one attached hydrogen (secondary N) is 1. The van der Waals surface area contributed by atoms with Gasteiger partial charge in [0.25, 0.3) is 0 Å². The van der Waals surface area contributed by atoms with Crippen LogP contribution in [-0.4, -0.2) is 41.6 Å². The van der Waals surface area contributed by atoms with Crippen molar-refractivity contribution in [2.75, 3.05) is 6.54 Å². The number of nitrogens with two attached hydrogens (primary N) is 1. The van der Waals surface area contributed by atoms with E-state index in [4.69, 9.17) is 10.5 Å². The molecule has 1 amide bonds. The van der Waals surface area contributed by atoms with Crippen molar-refractivity contribution >= 4 is 17.8 Å². The number of ether oxygens (including phenoxy) is 1. The van der Waals surface area contributed by atoms with Gasteiger partial charge < -0.3 is 20.9 Å². The molecule has 0 rings (SSSR count). The van der Waals surface area contributed by atoms with Crippen molar-refractivity contribution in [3.05, 3.63) is 72.9 Å². The smallest absolute Gasteiger partial charge is 0.326 e. The van der Waals surface area contributed by atoms with Crippen molar-refractivity contribution in [1.29, 1.82) is 0 Å². The van der Waals surface area contributed by atoms with Gasteiger partial charge in [0, 0.05) is 12.8 Å². The van der Waals surface area contributed by atoms with E-state index in [-0.39, 0.29) is 18.0 Å². The summed E-state index contributed by atoms with van der Waals surface area (Å²) in [6.07, 6.45) is 54.0. The van der Waals surface area contributed by atoms with E-state index in [1.807, 2.05) is 0 Å². The first kappa shape index (κ1) is 51.8. The minimum absolute atomic E-state index is 0.103. The van der Waals surface area contributed by atoms with Crippen molar-refractivity contribution in [2.45, 2.75) is 206 Å². The third-order valence-corrected chi connectivity index (χ3v) is 9.49. The number of carboxylic acid groups (broad SMARTS) is 1. The Bertz CT molecular complexity index is 1090. The zero-order valence-corrected chi connectivity index (χ0v) is 35.2. The van der Waals surface area contributed by atoms with Crippen molar-refractivity contribution in [1.82, 2.24) is 5.32 Å². The molecule has 0 aromatic heterocycles. The van der Waals surface area contributed by atoms with Crippen LogP contribution in [0.25, 0.3) is 0 Å². The maximum Gasteiger partial charge on any atom is 0.326 e. The number of hydrogen-bond acceptors (Lipinski definition) is 5. The molecule has 55 heavy (non-hydrogen) atoms. The highest BCUT2D eigenvalue weighted by Gasteiger charge is 2.19. The fraction of sp³-hybridized carbons (Fsp3) is 0.688. The van der Waals surface area contributed by atoms with E-state index in [0.29, 0.717) is 38.6 Å². The number of unbranched alkanes of at least 4 members (excludes halogenated alkanes) is 15. The van der Waals surface area contributed by atoms with Gasteiger partial charge in [-0.1, -0.05) is 151 Å². The molecule has 0 aromatic rings. The molecular formula is C48H82N2O5. The molecule has 314 valence electrons. The molecule has 2 unspecified atom stereocenters. The number of hydrogen-bond donors (Lipinski definition) is 3. The number of amides is 1. The average Bonchev–Trinajstić information content (AvgIpc) is 3.17. The molecule has 0 bridgehead atoms. The predicted octanol–water partition coefficient (Wildman–Crippen LogP) is 12.7. The average molecular weight is 767 g/mol. The summed E-state index contributed by atoms with van der Waals surface area (Å²) >= 11 is 0. The van der Waals surface area contributed by atoms with Crippen LogP contribution in [0.15, 0.2) is 72.9 Å². The van der Waals surface area contributed by atoms with Gasteiger partial charge in [-0.3, -0.25) is 9.59 Å². The Morgan fingerprint density at radius 3 is 1.62 bits per heavy atom. The second kappa shape index (κ2) is 42.0. The fourth-order valence-corrected chi connectivity index (χ4v) is 6.15. The number of carbonyl (C=O) groups is 3. The maximum atomic E-state index is 12.7. The number of carbonyl (C=O) groups excluding carboxylic acids is 2. The maximum absolute atomic E-state index is 12.7. The predicted molar refractivity (Wildman–Crippen MR) is 234 cm³/mol. The normalized spacial score (nSPS) is 13.4. The van der Waals surface area contributed by atoms with Gasteiger partial charge in [-0.25, -0.2) is 4.79 Å². The molecule has 0 spiro atoms. The molecule has 0 heterocycles. The van der Waals surface area contributed by atoms with Gasteiger partial charge in [-0.2, -0.15) is 0 Å². The minimum Gasteiger partial charge on any atom is -0.480 e. The Morgan fingerprint density at radius 2 is 1.05 bits per heavy atom. The molecule has 0 aliphatic heterocycles. The van der Waals surface area contributed by atoms with Gasteiger partial charge in [0.15, 0.2) is 0 Å². The molecule has 0 radical (unpaired) electrons. The summed E-state index contributed by atoms with van der Waals surface area (Å²) in [5, 5.41) is 11.9. The van der Waals surface area contributed by atoms with E-state index < -0.39 is 12.0 Å².